The van der Waals surface area contributed by atoms with Gasteiger partial charge in [0.05, 0.1) is 21.5 Å². The molecule has 1 saturated heterocycles. The molecule has 2 amide bonds. The Morgan fingerprint density at radius 2 is 1.64 bits per heavy atom. The summed E-state index contributed by atoms with van der Waals surface area (Å²) in [5.41, 5.74) is 2.02. The van der Waals surface area contributed by atoms with Gasteiger partial charge in [-0.05, 0) is 79.9 Å². The van der Waals surface area contributed by atoms with E-state index in [4.69, 9.17) is 4.74 Å². The fraction of sp³-hybridized carbons (Fsp3) is 0.0357. The number of carbonyl (C=O) groups excluding carboxylic acids is 3. The van der Waals surface area contributed by atoms with E-state index in [0.29, 0.717) is 26.3 Å². The van der Waals surface area contributed by atoms with Crippen LogP contribution in [0.15, 0.2) is 98.8 Å². The highest BCUT2D eigenvalue weighted by Crippen LogP contribution is 2.35. The maximum atomic E-state index is 12.9. The molecule has 0 spiro atoms. The van der Waals surface area contributed by atoms with E-state index in [2.05, 4.69) is 31.9 Å². The molecule has 36 heavy (non-hydrogen) atoms. The topological polar surface area (TPSA) is 63.7 Å². The SMILES string of the molecule is O=C(Oc1ccc(/C=C2\SC(=O)N(Cc3ccccc3Br)C2=O)cc1Br)c1cccc2ccccc12. The van der Waals surface area contributed by atoms with Crippen LogP contribution < -0.4 is 4.74 Å². The summed E-state index contributed by atoms with van der Waals surface area (Å²) >= 11 is 7.82. The van der Waals surface area contributed by atoms with Crippen LogP contribution in [0.3, 0.4) is 0 Å². The van der Waals surface area contributed by atoms with Crippen molar-refractivity contribution in [1.29, 1.82) is 0 Å². The Bertz CT molecular complexity index is 1560. The molecule has 0 atom stereocenters. The van der Waals surface area contributed by atoms with Crippen LogP contribution in [0.2, 0.25) is 0 Å². The first-order valence-corrected chi connectivity index (χ1v) is 13.3. The number of benzene rings is 4. The zero-order chi connectivity index (χ0) is 25.2. The number of ether oxygens (including phenoxy) is 1. The average Bonchev–Trinajstić information content (AvgIpc) is 3.13. The van der Waals surface area contributed by atoms with Gasteiger partial charge in [-0.25, -0.2) is 4.79 Å². The summed E-state index contributed by atoms with van der Waals surface area (Å²) in [6, 6.07) is 25.7. The van der Waals surface area contributed by atoms with Gasteiger partial charge in [-0.15, -0.1) is 0 Å². The van der Waals surface area contributed by atoms with Crippen molar-refractivity contribution in [3.05, 3.63) is 115 Å². The van der Waals surface area contributed by atoms with Gasteiger partial charge in [0.1, 0.15) is 5.75 Å². The Morgan fingerprint density at radius 1 is 0.889 bits per heavy atom. The smallest absolute Gasteiger partial charge is 0.344 e. The van der Waals surface area contributed by atoms with Crippen LogP contribution in [0.1, 0.15) is 21.5 Å². The molecule has 0 aromatic heterocycles. The average molecular weight is 623 g/mol. The van der Waals surface area contributed by atoms with Crippen molar-refractivity contribution in [2.24, 2.45) is 0 Å². The number of halogens is 2. The number of hydrogen-bond donors (Lipinski definition) is 0. The first-order valence-electron chi connectivity index (χ1n) is 10.9. The molecule has 178 valence electrons. The third-order valence-corrected chi connectivity index (χ3v) is 7.93. The first-order chi connectivity index (χ1) is 17.4. The quantitative estimate of drug-likeness (QED) is 0.129. The molecular weight excluding hydrogens is 606 g/mol. The summed E-state index contributed by atoms with van der Waals surface area (Å²) in [6.45, 7) is 0.191. The summed E-state index contributed by atoms with van der Waals surface area (Å²) in [5, 5.41) is 1.45. The van der Waals surface area contributed by atoms with Gasteiger partial charge in [0.25, 0.3) is 11.1 Å². The zero-order valence-corrected chi connectivity index (χ0v) is 22.6. The molecule has 1 fully saturated rings. The molecule has 0 aliphatic carbocycles. The molecule has 5 nitrogen and oxygen atoms in total. The Morgan fingerprint density at radius 3 is 2.44 bits per heavy atom. The van der Waals surface area contributed by atoms with E-state index in [0.717, 1.165) is 32.6 Å². The lowest BCUT2D eigenvalue weighted by molar-refractivity contribution is -0.123. The Kier molecular flexibility index (Phi) is 7.09. The standard InChI is InChI=1S/C28H17Br2NO4S/c29-22-11-4-2-7-19(22)16-31-26(32)25(36-28(31)34)15-17-12-13-24(23(30)14-17)35-27(33)21-10-5-8-18-6-1-3-9-20(18)21/h1-15H,16H2/b25-15-. The molecule has 1 aliphatic heterocycles. The predicted octanol–water partition coefficient (Wildman–Crippen LogP) is 7.82. The Labute approximate surface area is 228 Å². The summed E-state index contributed by atoms with van der Waals surface area (Å²) in [4.78, 5) is 39.9. The number of rotatable bonds is 5. The number of esters is 1. The number of carbonyl (C=O) groups is 3. The van der Waals surface area contributed by atoms with Gasteiger partial charge in [0.2, 0.25) is 0 Å². The second-order valence-electron chi connectivity index (χ2n) is 7.97. The summed E-state index contributed by atoms with van der Waals surface area (Å²) in [7, 11) is 0. The predicted molar refractivity (Wildman–Crippen MR) is 149 cm³/mol. The van der Waals surface area contributed by atoms with E-state index in [1.54, 1.807) is 30.3 Å². The van der Waals surface area contributed by atoms with Gasteiger partial charge < -0.3 is 4.74 Å². The second-order valence-corrected chi connectivity index (χ2v) is 10.7. The molecule has 4 aromatic rings. The highest BCUT2D eigenvalue weighted by molar-refractivity contribution is 9.10. The number of fused-ring (bicyclic) bond motifs is 1. The van der Waals surface area contributed by atoms with Crippen molar-refractivity contribution in [2.75, 3.05) is 0 Å². The minimum Gasteiger partial charge on any atom is -0.422 e. The summed E-state index contributed by atoms with van der Waals surface area (Å²) < 4.78 is 7.04. The molecule has 8 heteroatoms. The van der Waals surface area contributed by atoms with Crippen molar-refractivity contribution in [1.82, 2.24) is 4.90 Å². The van der Waals surface area contributed by atoms with Crippen LogP contribution >= 0.6 is 43.6 Å². The normalized spacial score (nSPS) is 14.6. The lowest BCUT2D eigenvalue weighted by Gasteiger charge is -2.13. The maximum absolute atomic E-state index is 12.9. The molecule has 5 rings (SSSR count). The van der Waals surface area contributed by atoms with Crippen LogP contribution in [0.5, 0.6) is 5.75 Å². The third kappa shape index (κ3) is 5.02. The number of nitrogens with zero attached hydrogens (tertiary/aromatic N) is 1. The fourth-order valence-electron chi connectivity index (χ4n) is 3.83. The van der Waals surface area contributed by atoms with Gasteiger partial charge >= 0.3 is 5.97 Å². The highest BCUT2D eigenvalue weighted by atomic mass is 79.9. The van der Waals surface area contributed by atoms with Gasteiger partial charge in [-0.2, -0.15) is 0 Å². The van der Waals surface area contributed by atoms with Crippen LogP contribution in [-0.4, -0.2) is 22.0 Å². The van der Waals surface area contributed by atoms with Crippen molar-refractivity contribution in [3.63, 3.8) is 0 Å². The van der Waals surface area contributed by atoms with E-state index in [1.807, 2.05) is 60.7 Å². The first kappa shape index (κ1) is 24.5. The molecule has 0 N–H and O–H groups in total. The van der Waals surface area contributed by atoms with E-state index in [-0.39, 0.29) is 17.7 Å². The van der Waals surface area contributed by atoms with E-state index in [1.165, 1.54) is 4.90 Å². The van der Waals surface area contributed by atoms with E-state index >= 15 is 0 Å². The Hall–Kier alpha value is -3.20. The monoisotopic (exact) mass is 621 g/mol. The third-order valence-electron chi connectivity index (χ3n) is 5.63. The van der Waals surface area contributed by atoms with Gasteiger partial charge in [0, 0.05) is 4.47 Å². The molecule has 1 aliphatic rings. The lowest BCUT2D eigenvalue weighted by atomic mass is 10.0. The molecule has 0 saturated carbocycles. The van der Waals surface area contributed by atoms with Crippen molar-refractivity contribution in [3.8, 4) is 5.75 Å². The molecule has 4 aromatic carbocycles. The number of thioether (sulfide) groups is 1. The molecular formula is C28H17Br2NO4S. The van der Waals surface area contributed by atoms with Crippen molar-refractivity contribution < 1.29 is 19.1 Å². The molecule has 1 heterocycles. The maximum Gasteiger partial charge on any atom is 0.344 e. The minimum absolute atomic E-state index is 0.191. The number of imide groups is 1. The lowest BCUT2D eigenvalue weighted by Crippen LogP contribution is -2.27. The Balaban J connectivity index is 1.33. The van der Waals surface area contributed by atoms with Crippen LogP contribution in [0, 0.1) is 0 Å². The van der Waals surface area contributed by atoms with Crippen LogP contribution in [0.25, 0.3) is 16.8 Å². The van der Waals surface area contributed by atoms with Crippen LogP contribution in [0.4, 0.5) is 4.79 Å². The fourth-order valence-corrected chi connectivity index (χ4v) is 5.56. The molecule has 0 radical (unpaired) electrons. The van der Waals surface area contributed by atoms with Gasteiger partial charge in [-0.1, -0.05) is 76.6 Å². The largest absolute Gasteiger partial charge is 0.422 e. The van der Waals surface area contributed by atoms with E-state index in [9.17, 15) is 14.4 Å². The van der Waals surface area contributed by atoms with Crippen molar-refractivity contribution in [2.45, 2.75) is 6.54 Å². The number of amides is 2. The molecule has 0 unspecified atom stereocenters. The van der Waals surface area contributed by atoms with E-state index < -0.39 is 5.97 Å². The summed E-state index contributed by atoms with van der Waals surface area (Å²) in [5.74, 6) is -0.455. The minimum atomic E-state index is -0.464. The number of hydrogen-bond acceptors (Lipinski definition) is 5. The van der Waals surface area contributed by atoms with Crippen LogP contribution in [-0.2, 0) is 11.3 Å². The van der Waals surface area contributed by atoms with Crippen molar-refractivity contribution >= 4 is 77.6 Å². The second kappa shape index (κ2) is 10.4. The molecule has 0 bridgehead atoms. The van der Waals surface area contributed by atoms with Gasteiger partial charge in [0.15, 0.2) is 0 Å². The zero-order valence-electron chi connectivity index (χ0n) is 18.6. The summed E-state index contributed by atoms with van der Waals surface area (Å²) in [6.07, 6.45) is 1.66. The van der Waals surface area contributed by atoms with Gasteiger partial charge in [-0.3, -0.25) is 14.5 Å². The highest BCUT2D eigenvalue weighted by Gasteiger charge is 2.35.